The Morgan fingerprint density at radius 1 is 1.25 bits per heavy atom. The Morgan fingerprint density at radius 2 is 2.11 bits per heavy atom. The van der Waals surface area contributed by atoms with E-state index in [9.17, 15) is 19.1 Å². The molecule has 1 saturated heterocycles. The van der Waals surface area contributed by atoms with Gasteiger partial charge in [-0.25, -0.2) is 9.18 Å². The lowest BCUT2D eigenvalue weighted by Crippen LogP contribution is -2.46. The Balaban J connectivity index is 1.47. The number of carbonyl (C=O) groups excluding carboxylic acids is 2. The first-order valence-electron chi connectivity index (χ1n) is 9.53. The van der Waals surface area contributed by atoms with Crippen LogP contribution in [0.1, 0.15) is 52.8 Å². The first kappa shape index (κ1) is 18.3. The summed E-state index contributed by atoms with van der Waals surface area (Å²) < 4.78 is 14.3. The van der Waals surface area contributed by atoms with Crippen LogP contribution in [0.25, 0.3) is 0 Å². The number of rotatable bonds is 2. The van der Waals surface area contributed by atoms with Crippen molar-refractivity contribution in [1.82, 2.24) is 20.5 Å². The number of amides is 3. The molecule has 1 aromatic carbocycles. The van der Waals surface area contributed by atoms with E-state index in [1.807, 2.05) is 6.07 Å². The zero-order valence-corrected chi connectivity index (χ0v) is 15.4. The van der Waals surface area contributed by atoms with Gasteiger partial charge in [0.1, 0.15) is 5.69 Å². The van der Waals surface area contributed by atoms with Crippen molar-refractivity contribution < 1.29 is 19.1 Å². The highest BCUT2D eigenvalue weighted by molar-refractivity contribution is 5.94. The predicted octanol–water partition coefficient (Wildman–Crippen LogP) is 2.62. The average Bonchev–Trinajstić information content (AvgIpc) is 3.14. The number of piperidine rings is 1. The second-order valence-electron chi connectivity index (χ2n) is 7.32. The lowest BCUT2D eigenvalue weighted by Gasteiger charge is -2.34. The average molecular weight is 386 g/mol. The maximum Gasteiger partial charge on any atom is 0.317 e. The van der Waals surface area contributed by atoms with Crippen molar-refractivity contribution in [1.29, 1.82) is 0 Å². The van der Waals surface area contributed by atoms with Crippen LogP contribution >= 0.6 is 0 Å². The summed E-state index contributed by atoms with van der Waals surface area (Å²) in [5, 5.41) is 15.5. The minimum atomic E-state index is -0.611. The number of phenolic OH excluding ortho intramolecular Hbond substituents is 1. The lowest BCUT2D eigenvalue weighted by atomic mass is 9.90. The molecule has 4 rings (SSSR count). The normalized spacial score (nSPS) is 22.2. The molecule has 3 amide bonds. The molecular weight excluding hydrogens is 363 g/mol. The lowest BCUT2D eigenvalue weighted by molar-refractivity contribution is 0.0951. The van der Waals surface area contributed by atoms with Gasteiger partial charge in [0.05, 0.1) is 6.04 Å². The molecule has 148 valence electrons. The molecule has 28 heavy (non-hydrogen) atoms. The van der Waals surface area contributed by atoms with E-state index in [0.717, 1.165) is 18.4 Å². The SMILES string of the molecule is O=C1NCCC(NC(=O)N2CCCC(c3cccc(O)c3F)C2)c2cc[nH]c21. The van der Waals surface area contributed by atoms with E-state index in [4.69, 9.17) is 0 Å². The number of hydrogen-bond donors (Lipinski definition) is 4. The van der Waals surface area contributed by atoms with Crippen molar-refractivity contribution in [2.75, 3.05) is 19.6 Å². The van der Waals surface area contributed by atoms with E-state index in [-0.39, 0.29) is 29.6 Å². The number of urea groups is 1. The molecular formula is C20H23FN4O3. The summed E-state index contributed by atoms with van der Waals surface area (Å²) in [6.45, 7) is 1.45. The molecule has 2 aliphatic heterocycles. The fraction of sp³-hybridized carbons (Fsp3) is 0.400. The summed E-state index contributed by atoms with van der Waals surface area (Å²) in [6, 6.07) is 5.92. The van der Waals surface area contributed by atoms with Crippen molar-refractivity contribution in [2.24, 2.45) is 0 Å². The largest absolute Gasteiger partial charge is 0.505 e. The van der Waals surface area contributed by atoms with E-state index in [1.165, 1.54) is 6.07 Å². The number of carbonyl (C=O) groups is 2. The number of benzene rings is 1. The Hall–Kier alpha value is -3.03. The third kappa shape index (κ3) is 3.42. The molecule has 1 fully saturated rings. The zero-order chi connectivity index (χ0) is 19.7. The number of aromatic amines is 1. The quantitative estimate of drug-likeness (QED) is 0.639. The maximum absolute atomic E-state index is 14.3. The molecule has 0 spiro atoms. The standard InChI is InChI=1S/C20H23FN4O3/c21-17-13(4-1-5-16(17)26)12-3-2-10-25(11-12)20(28)24-15-7-9-23-19(27)18-14(15)6-8-22-18/h1,4-6,8,12,15,22,26H,2-3,7,9-11H2,(H,23,27)(H,24,28). The molecule has 0 bridgehead atoms. The van der Waals surface area contributed by atoms with Gasteiger partial charge in [-0.1, -0.05) is 12.1 Å². The Morgan fingerprint density at radius 3 is 2.96 bits per heavy atom. The van der Waals surface area contributed by atoms with Gasteiger partial charge < -0.3 is 25.6 Å². The van der Waals surface area contributed by atoms with Gasteiger partial charge in [0.25, 0.3) is 5.91 Å². The number of phenols is 1. The first-order chi connectivity index (χ1) is 13.5. The van der Waals surface area contributed by atoms with Gasteiger partial charge in [0.15, 0.2) is 11.6 Å². The molecule has 2 unspecified atom stereocenters. The minimum Gasteiger partial charge on any atom is -0.505 e. The molecule has 1 aromatic heterocycles. The predicted molar refractivity (Wildman–Crippen MR) is 101 cm³/mol. The minimum absolute atomic E-state index is 0.160. The summed E-state index contributed by atoms with van der Waals surface area (Å²) in [5.74, 6) is -1.31. The monoisotopic (exact) mass is 386 g/mol. The van der Waals surface area contributed by atoms with Crippen LogP contribution in [0, 0.1) is 5.82 Å². The van der Waals surface area contributed by atoms with E-state index in [1.54, 1.807) is 23.2 Å². The third-order valence-corrected chi connectivity index (χ3v) is 5.55. The van der Waals surface area contributed by atoms with E-state index >= 15 is 0 Å². The number of fused-ring (bicyclic) bond motifs is 1. The second kappa shape index (κ2) is 7.53. The Bertz CT molecular complexity index is 897. The summed E-state index contributed by atoms with van der Waals surface area (Å²) >= 11 is 0. The summed E-state index contributed by atoms with van der Waals surface area (Å²) in [6.07, 6.45) is 3.80. The van der Waals surface area contributed by atoms with Gasteiger partial charge in [-0.15, -0.1) is 0 Å². The molecule has 8 heteroatoms. The highest BCUT2D eigenvalue weighted by Gasteiger charge is 2.30. The van der Waals surface area contributed by atoms with Crippen LogP contribution in [-0.2, 0) is 0 Å². The molecule has 7 nitrogen and oxygen atoms in total. The number of nitrogens with zero attached hydrogens (tertiary/aromatic N) is 1. The van der Waals surface area contributed by atoms with Crippen LogP contribution in [0.3, 0.4) is 0 Å². The second-order valence-corrected chi connectivity index (χ2v) is 7.32. The zero-order valence-electron chi connectivity index (χ0n) is 15.4. The number of likely N-dealkylation sites (tertiary alicyclic amines) is 1. The summed E-state index contributed by atoms with van der Waals surface area (Å²) in [7, 11) is 0. The molecule has 4 N–H and O–H groups in total. The van der Waals surface area contributed by atoms with Gasteiger partial charge in [0.2, 0.25) is 0 Å². The summed E-state index contributed by atoms with van der Waals surface area (Å²) in [4.78, 5) is 29.5. The molecule has 3 heterocycles. The number of nitrogens with one attached hydrogen (secondary N) is 3. The van der Waals surface area contributed by atoms with Crippen LogP contribution in [0.5, 0.6) is 5.75 Å². The van der Waals surface area contributed by atoms with E-state index in [2.05, 4.69) is 15.6 Å². The smallest absolute Gasteiger partial charge is 0.317 e. The maximum atomic E-state index is 14.3. The first-order valence-corrected chi connectivity index (χ1v) is 9.53. The van der Waals surface area contributed by atoms with Crippen molar-refractivity contribution >= 4 is 11.9 Å². The molecule has 0 radical (unpaired) electrons. The number of hydrogen-bond acceptors (Lipinski definition) is 3. The number of aromatic hydroxyl groups is 1. The number of halogens is 1. The van der Waals surface area contributed by atoms with Gasteiger partial charge >= 0.3 is 6.03 Å². The molecule has 0 aliphatic carbocycles. The topological polar surface area (TPSA) is 97.5 Å². The van der Waals surface area contributed by atoms with Gasteiger partial charge in [-0.2, -0.15) is 0 Å². The molecule has 2 aromatic rings. The van der Waals surface area contributed by atoms with Crippen LogP contribution in [0.4, 0.5) is 9.18 Å². The fourth-order valence-corrected chi connectivity index (χ4v) is 4.10. The van der Waals surface area contributed by atoms with E-state index < -0.39 is 5.82 Å². The van der Waals surface area contributed by atoms with Crippen LogP contribution < -0.4 is 10.6 Å². The highest BCUT2D eigenvalue weighted by Crippen LogP contribution is 2.32. The number of aromatic nitrogens is 1. The van der Waals surface area contributed by atoms with Crippen LogP contribution in [0.2, 0.25) is 0 Å². The Kier molecular flexibility index (Phi) is 4.93. The van der Waals surface area contributed by atoms with Crippen molar-refractivity contribution in [3.63, 3.8) is 0 Å². The van der Waals surface area contributed by atoms with Gasteiger partial charge in [-0.05, 0) is 37.0 Å². The van der Waals surface area contributed by atoms with Gasteiger partial charge in [-0.3, -0.25) is 4.79 Å². The fourth-order valence-electron chi connectivity index (χ4n) is 4.10. The summed E-state index contributed by atoms with van der Waals surface area (Å²) in [5.41, 5.74) is 1.69. The van der Waals surface area contributed by atoms with Crippen molar-refractivity contribution in [2.45, 2.75) is 31.2 Å². The highest BCUT2D eigenvalue weighted by atomic mass is 19.1. The number of H-pyrrole nitrogens is 1. The van der Waals surface area contributed by atoms with Gasteiger partial charge in [0, 0.05) is 37.3 Å². The molecule has 2 aliphatic rings. The molecule has 2 atom stereocenters. The van der Waals surface area contributed by atoms with Crippen molar-refractivity contribution in [3.8, 4) is 5.75 Å². The van der Waals surface area contributed by atoms with Crippen molar-refractivity contribution in [3.05, 3.63) is 53.1 Å². The van der Waals surface area contributed by atoms with E-state index in [0.29, 0.717) is 37.3 Å². The molecule has 0 saturated carbocycles. The van der Waals surface area contributed by atoms with Crippen LogP contribution in [-0.4, -0.2) is 46.6 Å². The third-order valence-electron chi connectivity index (χ3n) is 5.55. The Labute approximate surface area is 161 Å². The van der Waals surface area contributed by atoms with Crippen LogP contribution in [0.15, 0.2) is 30.5 Å².